The number of aromatic nitrogens is 4. The Morgan fingerprint density at radius 2 is 2.25 bits per heavy atom. The van der Waals surface area contributed by atoms with Crippen molar-refractivity contribution in [3.8, 4) is 16.4 Å². The Bertz CT molecular complexity index is 735. The highest BCUT2D eigenvalue weighted by atomic mass is 32.1. The van der Waals surface area contributed by atoms with Gasteiger partial charge in [-0.1, -0.05) is 12.1 Å². The normalized spacial score (nSPS) is 14.2. The molecule has 0 aliphatic carbocycles. The number of ether oxygens (including phenoxy) is 1. The number of fused-ring (bicyclic) bond motifs is 1. The van der Waals surface area contributed by atoms with Crippen molar-refractivity contribution in [1.82, 2.24) is 19.7 Å². The summed E-state index contributed by atoms with van der Waals surface area (Å²) in [5.74, 6) is 0. The molecule has 100 valence electrons. The third-order valence-electron chi connectivity index (χ3n) is 3.38. The van der Waals surface area contributed by atoms with Crippen LogP contribution in [0, 0.1) is 0 Å². The second kappa shape index (κ2) is 4.81. The first kappa shape index (κ1) is 11.7. The van der Waals surface area contributed by atoms with Crippen molar-refractivity contribution in [2.75, 3.05) is 6.61 Å². The van der Waals surface area contributed by atoms with Gasteiger partial charge < -0.3 is 4.74 Å². The topological polar surface area (TPSA) is 52.8 Å². The van der Waals surface area contributed by atoms with E-state index in [1.54, 1.807) is 22.3 Å². The molecule has 3 aromatic rings. The molecule has 0 unspecified atom stereocenters. The molecule has 1 aromatic carbocycles. The van der Waals surface area contributed by atoms with Crippen LogP contribution in [-0.4, -0.2) is 26.4 Å². The molecule has 0 N–H and O–H groups in total. The average molecular weight is 284 g/mol. The second-order valence-electron chi connectivity index (χ2n) is 4.64. The molecule has 6 heteroatoms. The molecule has 0 saturated heterocycles. The van der Waals surface area contributed by atoms with Crippen LogP contribution in [0.15, 0.2) is 36.2 Å². The zero-order valence-corrected chi connectivity index (χ0v) is 11.5. The molecular weight excluding hydrogens is 272 g/mol. The van der Waals surface area contributed by atoms with Crippen molar-refractivity contribution in [1.29, 1.82) is 0 Å². The van der Waals surface area contributed by atoms with E-state index in [1.807, 2.05) is 5.38 Å². The van der Waals surface area contributed by atoms with Gasteiger partial charge in [0.1, 0.15) is 12.7 Å². The Balaban J connectivity index is 1.71. The summed E-state index contributed by atoms with van der Waals surface area (Å²) in [6.07, 6.45) is 4.16. The van der Waals surface area contributed by atoms with Crippen molar-refractivity contribution in [3.05, 3.63) is 47.4 Å². The minimum Gasteiger partial charge on any atom is -0.376 e. The lowest BCUT2D eigenvalue weighted by Crippen LogP contribution is -2.09. The van der Waals surface area contributed by atoms with Crippen LogP contribution in [0.2, 0.25) is 0 Å². The van der Waals surface area contributed by atoms with E-state index < -0.39 is 0 Å². The minimum atomic E-state index is 0.698. The highest BCUT2D eigenvalue weighted by Gasteiger charge is 2.12. The van der Waals surface area contributed by atoms with Crippen molar-refractivity contribution in [2.24, 2.45) is 0 Å². The Kier molecular flexibility index (Phi) is 2.82. The van der Waals surface area contributed by atoms with Crippen LogP contribution in [0.4, 0.5) is 0 Å². The predicted molar refractivity (Wildman–Crippen MR) is 75.8 cm³/mol. The quantitative estimate of drug-likeness (QED) is 0.725. The molecule has 0 atom stereocenters. The maximum Gasteiger partial charge on any atom is 0.212 e. The van der Waals surface area contributed by atoms with Gasteiger partial charge in [0.15, 0.2) is 0 Å². The van der Waals surface area contributed by atoms with E-state index in [-0.39, 0.29) is 0 Å². The standard InChI is InChI=1S/C14H12N4OS/c1-2-11(5-12-6-19-4-3-10(1)12)13-7-20-14(17-13)18-9-15-8-16-18/h1-2,5,7-9H,3-4,6H2. The van der Waals surface area contributed by atoms with Crippen molar-refractivity contribution >= 4 is 11.3 Å². The first-order valence-corrected chi connectivity index (χ1v) is 7.28. The highest BCUT2D eigenvalue weighted by Crippen LogP contribution is 2.27. The van der Waals surface area contributed by atoms with E-state index in [0.29, 0.717) is 6.61 Å². The number of hydrogen-bond acceptors (Lipinski definition) is 5. The summed E-state index contributed by atoms with van der Waals surface area (Å²) in [5.41, 5.74) is 4.74. The molecule has 5 nitrogen and oxygen atoms in total. The van der Waals surface area contributed by atoms with E-state index in [9.17, 15) is 0 Å². The molecule has 0 spiro atoms. The number of nitrogens with zero attached hydrogens (tertiary/aromatic N) is 4. The van der Waals surface area contributed by atoms with Crippen LogP contribution in [0.1, 0.15) is 11.1 Å². The summed E-state index contributed by atoms with van der Waals surface area (Å²) in [4.78, 5) is 8.55. The van der Waals surface area contributed by atoms with E-state index in [4.69, 9.17) is 4.74 Å². The number of benzene rings is 1. The van der Waals surface area contributed by atoms with Crippen molar-refractivity contribution in [2.45, 2.75) is 13.0 Å². The lowest BCUT2D eigenvalue weighted by Gasteiger charge is -2.16. The predicted octanol–water partition coefficient (Wildman–Crippen LogP) is 2.46. The van der Waals surface area contributed by atoms with Gasteiger partial charge >= 0.3 is 0 Å². The van der Waals surface area contributed by atoms with Gasteiger partial charge in [-0.05, 0) is 23.6 Å². The minimum absolute atomic E-state index is 0.698. The third-order valence-corrected chi connectivity index (χ3v) is 4.21. The Hall–Kier alpha value is -2.05. The van der Waals surface area contributed by atoms with E-state index >= 15 is 0 Å². The van der Waals surface area contributed by atoms with Crippen LogP contribution in [0.5, 0.6) is 0 Å². The summed E-state index contributed by atoms with van der Waals surface area (Å²) in [6, 6.07) is 6.49. The molecular formula is C14H12N4OS. The lowest BCUT2D eigenvalue weighted by atomic mass is 9.99. The highest BCUT2D eigenvalue weighted by molar-refractivity contribution is 7.12. The monoisotopic (exact) mass is 284 g/mol. The molecule has 0 fully saturated rings. The number of hydrogen-bond donors (Lipinski definition) is 0. The second-order valence-corrected chi connectivity index (χ2v) is 5.48. The van der Waals surface area contributed by atoms with Gasteiger partial charge in [0.2, 0.25) is 5.13 Å². The fraction of sp³-hybridized carbons (Fsp3) is 0.214. The molecule has 20 heavy (non-hydrogen) atoms. The van der Waals surface area contributed by atoms with E-state index in [2.05, 4.69) is 33.3 Å². The van der Waals surface area contributed by atoms with Crippen LogP contribution in [0.25, 0.3) is 16.4 Å². The van der Waals surface area contributed by atoms with Crippen LogP contribution in [-0.2, 0) is 17.8 Å². The average Bonchev–Trinajstić information content (AvgIpc) is 3.17. The maximum atomic E-state index is 5.51. The number of thiazole rings is 1. The molecule has 1 aliphatic heterocycles. The molecule has 2 aromatic heterocycles. The Labute approximate surface area is 119 Å². The van der Waals surface area contributed by atoms with Gasteiger partial charge in [0.25, 0.3) is 0 Å². The van der Waals surface area contributed by atoms with Crippen molar-refractivity contribution in [3.63, 3.8) is 0 Å². The fourth-order valence-corrected chi connectivity index (χ4v) is 3.10. The molecule has 4 rings (SSSR count). The van der Waals surface area contributed by atoms with Gasteiger partial charge in [-0.15, -0.1) is 11.3 Å². The van der Waals surface area contributed by atoms with Crippen molar-refractivity contribution < 1.29 is 4.74 Å². The van der Waals surface area contributed by atoms with Gasteiger partial charge in [-0.2, -0.15) is 9.78 Å². The van der Waals surface area contributed by atoms with Gasteiger partial charge in [0.05, 0.1) is 18.9 Å². The van der Waals surface area contributed by atoms with Crippen LogP contribution in [0.3, 0.4) is 0 Å². The molecule has 0 saturated carbocycles. The van der Waals surface area contributed by atoms with Crippen LogP contribution >= 0.6 is 11.3 Å². The maximum absolute atomic E-state index is 5.51. The summed E-state index contributed by atoms with van der Waals surface area (Å²) < 4.78 is 7.19. The fourth-order valence-electron chi connectivity index (χ4n) is 2.34. The summed E-state index contributed by atoms with van der Waals surface area (Å²) in [5, 5.41) is 6.97. The zero-order valence-electron chi connectivity index (χ0n) is 10.7. The molecule has 0 amide bonds. The Morgan fingerprint density at radius 3 is 3.15 bits per heavy atom. The van der Waals surface area contributed by atoms with E-state index in [1.165, 1.54) is 17.5 Å². The van der Waals surface area contributed by atoms with Crippen LogP contribution < -0.4 is 0 Å². The SMILES string of the molecule is c1ncn(-c2nc(-c3ccc4c(c3)COCC4)cs2)n1. The molecule has 1 aliphatic rings. The summed E-state index contributed by atoms with van der Waals surface area (Å²) in [6.45, 7) is 1.52. The smallest absolute Gasteiger partial charge is 0.212 e. The Morgan fingerprint density at radius 1 is 1.25 bits per heavy atom. The largest absolute Gasteiger partial charge is 0.376 e. The molecule has 3 heterocycles. The zero-order chi connectivity index (χ0) is 13.4. The lowest BCUT2D eigenvalue weighted by molar-refractivity contribution is 0.111. The number of rotatable bonds is 2. The third kappa shape index (κ3) is 2.03. The summed E-state index contributed by atoms with van der Waals surface area (Å²) in [7, 11) is 0. The molecule has 0 radical (unpaired) electrons. The van der Waals surface area contributed by atoms with E-state index in [0.717, 1.165) is 29.4 Å². The van der Waals surface area contributed by atoms with Gasteiger partial charge in [-0.3, -0.25) is 0 Å². The first-order valence-electron chi connectivity index (χ1n) is 6.40. The first-order chi connectivity index (χ1) is 9.90. The summed E-state index contributed by atoms with van der Waals surface area (Å²) >= 11 is 1.56. The molecule has 0 bridgehead atoms. The van der Waals surface area contributed by atoms with Gasteiger partial charge in [-0.25, -0.2) is 9.97 Å². The van der Waals surface area contributed by atoms with Gasteiger partial charge in [0, 0.05) is 10.9 Å².